The molecular weight excluding hydrogens is 225 g/mol. The minimum Gasteiger partial charge on any atom is -0.355 e. The van der Waals surface area contributed by atoms with E-state index >= 15 is 0 Å². The average molecular weight is 232 g/mol. The Balaban J connectivity index is 2.78. The van der Waals surface area contributed by atoms with E-state index in [0.717, 1.165) is 5.56 Å². The smallest absolute Gasteiger partial charge is 0.207 e. The molecule has 0 unspecified atom stereocenters. The molecule has 64 valence electrons. The number of rotatable bonds is 3. The third-order valence-corrected chi connectivity index (χ3v) is 1.77. The topological polar surface area (TPSA) is 29.1 Å². The lowest BCUT2D eigenvalue weighted by Crippen LogP contribution is -2.09. The highest BCUT2D eigenvalue weighted by Gasteiger charge is 1.97. The van der Waals surface area contributed by atoms with Gasteiger partial charge in [0.1, 0.15) is 5.82 Å². The van der Waals surface area contributed by atoms with Gasteiger partial charge in [0, 0.05) is 11.0 Å². The van der Waals surface area contributed by atoms with Gasteiger partial charge in [-0.2, -0.15) is 0 Å². The molecule has 0 aliphatic carbocycles. The highest BCUT2D eigenvalue weighted by Crippen LogP contribution is 2.14. The van der Waals surface area contributed by atoms with E-state index in [1.807, 2.05) is 0 Å². The Morgan fingerprint density at radius 2 is 2.25 bits per heavy atom. The maximum absolute atomic E-state index is 12.7. The Hall–Kier alpha value is -0.900. The second-order valence-corrected chi connectivity index (χ2v) is 3.19. The molecule has 0 aliphatic heterocycles. The lowest BCUT2D eigenvalue weighted by Gasteiger charge is -2.00. The van der Waals surface area contributed by atoms with Gasteiger partial charge in [0.05, 0.1) is 0 Å². The maximum Gasteiger partial charge on any atom is 0.207 e. The lowest BCUT2D eigenvalue weighted by molar-refractivity contribution is -0.109. The minimum absolute atomic E-state index is 0.313. The van der Waals surface area contributed by atoms with Gasteiger partial charge in [0.25, 0.3) is 0 Å². The summed E-state index contributed by atoms with van der Waals surface area (Å²) in [6.07, 6.45) is 0.582. The summed E-state index contributed by atoms with van der Waals surface area (Å²) in [7, 11) is 0. The molecule has 0 radical (unpaired) electrons. The fraction of sp³-hybridized carbons (Fsp3) is 0.125. The molecule has 1 rings (SSSR count). The Kier molecular flexibility index (Phi) is 3.22. The third-order valence-electron chi connectivity index (χ3n) is 1.31. The second-order valence-electron chi connectivity index (χ2n) is 2.28. The van der Waals surface area contributed by atoms with E-state index in [1.165, 1.54) is 12.1 Å². The Morgan fingerprint density at radius 1 is 1.50 bits per heavy atom. The zero-order valence-electron chi connectivity index (χ0n) is 6.18. The zero-order valence-corrected chi connectivity index (χ0v) is 7.77. The van der Waals surface area contributed by atoms with E-state index in [4.69, 9.17) is 0 Å². The van der Waals surface area contributed by atoms with Gasteiger partial charge in [-0.05, 0) is 23.8 Å². The molecule has 0 spiro atoms. The van der Waals surface area contributed by atoms with Crippen LogP contribution in [0.25, 0.3) is 0 Å². The molecule has 1 aromatic rings. The third kappa shape index (κ3) is 2.62. The van der Waals surface area contributed by atoms with E-state index in [1.54, 1.807) is 6.07 Å². The number of hydrogen-bond donors (Lipinski definition) is 1. The molecule has 0 heterocycles. The molecule has 0 saturated carbocycles. The van der Waals surface area contributed by atoms with Crippen LogP contribution >= 0.6 is 15.9 Å². The predicted octanol–water partition coefficient (Wildman–Crippen LogP) is 1.83. The number of amides is 1. The molecule has 4 heteroatoms. The van der Waals surface area contributed by atoms with E-state index in [0.29, 0.717) is 17.4 Å². The maximum atomic E-state index is 12.7. The van der Waals surface area contributed by atoms with E-state index in [9.17, 15) is 9.18 Å². The second kappa shape index (κ2) is 4.21. The zero-order chi connectivity index (χ0) is 8.97. The van der Waals surface area contributed by atoms with Crippen molar-refractivity contribution in [3.8, 4) is 0 Å². The summed E-state index contributed by atoms with van der Waals surface area (Å²) in [4.78, 5) is 9.93. The Labute approximate surface area is 77.9 Å². The summed E-state index contributed by atoms with van der Waals surface area (Å²) in [5, 5.41) is 2.45. The molecule has 0 aliphatic rings. The summed E-state index contributed by atoms with van der Waals surface area (Å²) in [6, 6.07) is 4.49. The van der Waals surface area contributed by atoms with Gasteiger partial charge in [0.15, 0.2) is 0 Å². The molecule has 1 aromatic carbocycles. The predicted molar refractivity (Wildman–Crippen MR) is 47.0 cm³/mol. The molecule has 0 atom stereocenters. The molecule has 1 amide bonds. The fourth-order valence-electron chi connectivity index (χ4n) is 0.873. The molecule has 0 fully saturated rings. The number of benzene rings is 1. The van der Waals surface area contributed by atoms with E-state index in [-0.39, 0.29) is 5.82 Å². The number of carbonyl (C=O) groups excluding carboxylic acids is 1. The molecular formula is C8H7BrFNO. The van der Waals surface area contributed by atoms with Crippen molar-refractivity contribution in [3.05, 3.63) is 34.1 Å². The summed E-state index contributed by atoms with van der Waals surface area (Å²) < 4.78 is 13.4. The summed E-state index contributed by atoms with van der Waals surface area (Å²) in [5.41, 5.74) is 0.731. The average Bonchev–Trinajstić information content (AvgIpc) is 1.99. The standard InChI is InChI=1S/C8H7BrFNO/c9-7-1-6(4-11-5-12)2-8(10)3-7/h1-3,5H,4H2,(H,11,12). The van der Waals surface area contributed by atoms with Gasteiger partial charge in [-0.3, -0.25) is 4.79 Å². The fourth-order valence-corrected chi connectivity index (χ4v) is 1.39. The normalized spacial score (nSPS) is 9.50. The Bertz CT molecular complexity index is 270. The van der Waals surface area contributed by atoms with Gasteiger partial charge in [-0.25, -0.2) is 4.39 Å². The summed E-state index contributed by atoms with van der Waals surface area (Å²) in [6.45, 7) is 0.347. The molecule has 1 N–H and O–H groups in total. The van der Waals surface area contributed by atoms with Gasteiger partial charge < -0.3 is 5.32 Å². The van der Waals surface area contributed by atoms with Crippen LogP contribution in [-0.2, 0) is 11.3 Å². The molecule has 0 bridgehead atoms. The van der Waals surface area contributed by atoms with Crippen molar-refractivity contribution in [1.29, 1.82) is 0 Å². The van der Waals surface area contributed by atoms with Crippen LogP contribution in [0.4, 0.5) is 4.39 Å². The van der Waals surface area contributed by atoms with Gasteiger partial charge in [-0.1, -0.05) is 15.9 Å². The highest BCUT2D eigenvalue weighted by molar-refractivity contribution is 9.10. The van der Waals surface area contributed by atoms with Gasteiger partial charge in [-0.15, -0.1) is 0 Å². The van der Waals surface area contributed by atoms with Crippen molar-refractivity contribution in [3.63, 3.8) is 0 Å². The number of hydrogen-bond acceptors (Lipinski definition) is 1. The molecule has 0 saturated heterocycles. The van der Waals surface area contributed by atoms with Crippen molar-refractivity contribution in [2.75, 3.05) is 0 Å². The first-order valence-electron chi connectivity index (χ1n) is 3.34. The van der Waals surface area contributed by atoms with Crippen LogP contribution < -0.4 is 5.32 Å². The van der Waals surface area contributed by atoms with Crippen LogP contribution in [0, 0.1) is 5.82 Å². The van der Waals surface area contributed by atoms with Gasteiger partial charge in [0.2, 0.25) is 6.41 Å². The Morgan fingerprint density at radius 3 is 2.83 bits per heavy atom. The van der Waals surface area contributed by atoms with Crippen molar-refractivity contribution in [1.82, 2.24) is 5.32 Å². The number of nitrogens with one attached hydrogen (secondary N) is 1. The summed E-state index contributed by atoms with van der Waals surface area (Å²) in [5.74, 6) is -0.313. The van der Waals surface area contributed by atoms with Crippen LogP contribution in [-0.4, -0.2) is 6.41 Å². The first-order chi connectivity index (χ1) is 5.72. The molecule has 2 nitrogen and oxygen atoms in total. The number of carbonyl (C=O) groups is 1. The lowest BCUT2D eigenvalue weighted by atomic mass is 10.2. The minimum atomic E-state index is -0.313. The first kappa shape index (κ1) is 9.19. The van der Waals surface area contributed by atoms with Crippen LogP contribution in [0.5, 0.6) is 0 Å². The highest BCUT2D eigenvalue weighted by atomic mass is 79.9. The van der Waals surface area contributed by atoms with Gasteiger partial charge >= 0.3 is 0 Å². The van der Waals surface area contributed by atoms with E-state index in [2.05, 4.69) is 21.2 Å². The summed E-state index contributed by atoms with van der Waals surface area (Å²) >= 11 is 3.15. The van der Waals surface area contributed by atoms with Crippen molar-refractivity contribution in [2.24, 2.45) is 0 Å². The monoisotopic (exact) mass is 231 g/mol. The largest absolute Gasteiger partial charge is 0.355 e. The van der Waals surface area contributed by atoms with Crippen LogP contribution in [0.15, 0.2) is 22.7 Å². The molecule has 12 heavy (non-hydrogen) atoms. The van der Waals surface area contributed by atoms with E-state index < -0.39 is 0 Å². The quantitative estimate of drug-likeness (QED) is 0.791. The van der Waals surface area contributed by atoms with Crippen molar-refractivity contribution >= 4 is 22.3 Å². The molecule has 0 aromatic heterocycles. The van der Waals surface area contributed by atoms with Crippen LogP contribution in [0.2, 0.25) is 0 Å². The number of halogens is 2. The van der Waals surface area contributed by atoms with Crippen molar-refractivity contribution < 1.29 is 9.18 Å². The first-order valence-corrected chi connectivity index (χ1v) is 4.13. The van der Waals surface area contributed by atoms with Crippen LogP contribution in [0.1, 0.15) is 5.56 Å². The SMILES string of the molecule is O=CNCc1cc(F)cc(Br)c1. The van der Waals surface area contributed by atoms with Crippen LogP contribution in [0.3, 0.4) is 0 Å². The van der Waals surface area contributed by atoms with Crippen molar-refractivity contribution in [2.45, 2.75) is 6.54 Å².